The highest BCUT2D eigenvalue weighted by atomic mass is 79.9. The summed E-state index contributed by atoms with van der Waals surface area (Å²) >= 11 is 3.29. The van der Waals surface area contributed by atoms with E-state index < -0.39 is 5.97 Å². The van der Waals surface area contributed by atoms with Crippen LogP contribution in [0.3, 0.4) is 0 Å². The van der Waals surface area contributed by atoms with Gasteiger partial charge >= 0.3 is 11.9 Å². The van der Waals surface area contributed by atoms with E-state index in [9.17, 15) is 4.79 Å². The standard InChI is InChI=1S/C9H6BrN3O3/c1-15-9(14)8-13-12-7(16-8)6-5(10)3-2-4-11-6/h2-4H,1H3. The van der Waals surface area contributed by atoms with Crippen LogP contribution in [-0.4, -0.2) is 28.3 Å². The first-order valence-electron chi connectivity index (χ1n) is 4.25. The molecule has 2 heterocycles. The first kappa shape index (κ1) is 10.7. The van der Waals surface area contributed by atoms with E-state index >= 15 is 0 Å². The molecule has 7 heteroatoms. The van der Waals surface area contributed by atoms with Gasteiger partial charge in [0.05, 0.1) is 7.11 Å². The summed E-state index contributed by atoms with van der Waals surface area (Å²) in [6.07, 6.45) is 1.59. The fourth-order valence-corrected chi connectivity index (χ4v) is 1.46. The predicted molar refractivity (Wildman–Crippen MR) is 56.6 cm³/mol. The second-order valence-electron chi connectivity index (χ2n) is 2.74. The lowest BCUT2D eigenvalue weighted by molar-refractivity contribution is 0.0556. The highest BCUT2D eigenvalue weighted by Gasteiger charge is 2.17. The molecule has 16 heavy (non-hydrogen) atoms. The molecule has 0 bridgehead atoms. The van der Waals surface area contributed by atoms with Crippen molar-refractivity contribution in [3.8, 4) is 11.6 Å². The lowest BCUT2D eigenvalue weighted by Gasteiger charge is -1.95. The van der Waals surface area contributed by atoms with Crippen LogP contribution in [-0.2, 0) is 4.74 Å². The van der Waals surface area contributed by atoms with Gasteiger partial charge in [-0.05, 0) is 28.1 Å². The van der Waals surface area contributed by atoms with Crippen LogP contribution >= 0.6 is 15.9 Å². The third-order valence-electron chi connectivity index (χ3n) is 1.75. The summed E-state index contributed by atoms with van der Waals surface area (Å²) in [5, 5.41) is 7.26. The number of hydrogen-bond acceptors (Lipinski definition) is 6. The lowest BCUT2D eigenvalue weighted by Crippen LogP contribution is -2.00. The van der Waals surface area contributed by atoms with Crippen LogP contribution in [0.15, 0.2) is 27.2 Å². The van der Waals surface area contributed by atoms with Gasteiger partial charge in [0.2, 0.25) is 0 Å². The number of hydrogen-bond donors (Lipinski definition) is 0. The van der Waals surface area contributed by atoms with Gasteiger partial charge in [-0.25, -0.2) is 9.78 Å². The van der Waals surface area contributed by atoms with Gasteiger partial charge in [-0.1, -0.05) is 0 Å². The molecule has 0 unspecified atom stereocenters. The van der Waals surface area contributed by atoms with Crippen LogP contribution in [0.1, 0.15) is 10.7 Å². The second-order valence-corrected chi connectivity index (χ2v) is 3.59. The predicted octanol–water partition coefficient (Wildman–Crippen LogP) is 1.68. The van der Waals surface area contributed by atoms with E-state index in [-0.39, 0.29) is 11.8 Å². The number of carbonyl (C=O) groups is 1. The number of ether oxygens (including phenoxy) is 1. The van der Waals surface area contributed by atoms with Crippen molar-refractivity contribution in [2.75, 3.05) is 7.11 Å². The van der Waals surface area contributed by atoms with Crippen LogP contribution in [0.5, 0.6) is 0 Å². The molecule has 0 amide bonds. The largest absolute Gasteiger partial charge is 0.462 e. The molecule has 82 valence electrons. The van der Waals surface area contributed by atoms with Crippen LogP contribution in [0, 0.1) is 0 Å². The van der Waals surface area contributed by atoms with E-state index in [0.717, 1.165) is 0 Å². The zero-order valence-corrected chi connectivity index (χ0v) is 9.76. The normalized spacial score (nSPS) is 10.1. The first-order chi connectivity index (χ1) is 7.72. The first-order valence-corrected chi connectivity index (χ1v) is 5.04. The molecule has 2 aromatic rings. The van der Waals surface area contributed by atoms with E-state index in [1.54, 1.807) is 18.3 Å². The number of esters is 1. The molecule has 0 N–H and O–H groups in total. The average molecular weight is 284 g/mol. The van der Waals surface area contributed by atoms with Crippen molar-refractivity contribution in [1.29, 1.82) is 0 Å². The highest BCUT2D eigenvalue weighted by molar-refractivity contribution is 9.10. The minimum Gasteiger partial charge on any atom is -0.462 e. The Morgan fingerprint density at radius 2 is 2.31 bits per heavy atom. The smallest absolute Gasteiger partial charge is 0.396 e. The molecule has 0 aromatic carbocycles. The van der Waals surface area contributed by atoms with Crippen molar-refractivity contribution in [2.45, 2.75) is 0 Å². The molecule has 0 aliphatic carbocycles. The number of aromatic nitrogens is 3. The van der Waals surface area contributed by atoms with Crippen molar-refractivity contribution in [3.05, 3.63) is 28.7 Å². The maximum atomic E-state index is 11.1. The summed E-state index contributed by atoms with van der Waals surface area (Å²) in [7, 11) is 1.24. The molecule has 0 radical (unpaired) electrons. The second kappa shape index (κ2) is 4.40. The fourth-order valence-electron chi connectivity index (χ4n) is 1.03. The Kier molecular flexibility index (Phi) is 2.95. The van der Waals surface area contributed by atoms with E-state index in [4.69, 9.17) is 4.42 Å². The molecule has 0 aliphatic rings. The molecule has 0 aliphatic heterocycles. The zero-order chi connectivity index (χ0) is 11.5. The van der Waals surface area contributed by atoms with Gasteiger partial charge in [0.1, 0.15) is 5.69 Å². The SMILES string of the molecule is COC(=O)c1nnc(-c2ncccc2Br)o1. The molecular weight excluding hydrogens is 278 g/mol. The Hall–Kier alpha value is -1.76. The van der Waals surface area contributed by atoms with E-state index in [0.29, 0.717) is 10.2 Å². The summed E-state index contributed by atoms with van der Waals surface area (Å²) in [6.45, 7) is 0. The van der Waals surface area contributed by atoms with Gasteiger partial charge in [0, 0.05) is 10.7 Å². The van der Waals surface area contributed by atoms with Crippen molar-refractivity contribution in [3.63, 3.8) is 0 Å². The Bertz CT molecular complexity index is 526. The molecule has 2 aromatic heterocycles. The van der Waals surface area contributed by atoms with Crippen LogP contribution < -0.4 is 0 Å². The number of carbonyl (C=O) groups excluding carboxylic acids is 1. The van der Waals surface area contributed by atoms with Crippen molar-refractivity contribution < 1.29 is 13.9 Å². The molecular formula is C9H6BrN3O3. The minimum atomic E-state index is -0.675. The average Bonchev–Trinajstić information content (AvgIpc) is 2.78. The van der Waals surface area contributed by atoms with E-state index in [1.807, 2.05) is 0 Å². The maximum absolute atomic E-state index is 11.1. The Morgan fingerprint density at radius 3 is 3.00 bits per heavy atom. The van der Waals surface area contributed by atoms with Gasteiger partial charge in [-0.15, -0.1) is 10.2 Å². The Labute approximate surface area is 98.8 Å². The molecule has 0 saturated carbocycles. The maximum Gasteiger partial charge on any atom is 0.396 e. The summed E-state index contributed by atoms with van der Waals surface area (Å²) in [5.74, 6) is -0.714. The molecule has 0 spiro atoms. The molecule has 0 fully saturated rings. The van der Waals surface area contributed by atoms with E-state index in [2.05, 4.69) is 35.8 Å². The number of nitrogens with zero attached hydrogens (tertiary/aromatic N) is 3. The summed E-state index contributed by atoms with van der Waals surface area (Å²) in [6, 6.07) is 3.54. The van der Waals surface area contributed by atoms with Crippen molar-refractivity contribution in [1.82, 2.24) is 15.2 Å². The zero-order valence-electron chi connectivity index (χ0n) is 8.18. The molecule has 6 nitrogen and oxygen atoms in total. The van der Waals surface area contributed by atoms with E-state index in [1.165, 1.54) is 7.11 Å². The van der Waals surface area contributed by atoms with Crippen LogP contribution in [0.25, 0.3) is 11.6 Å². The van der Waals surface area contributed by atoms with Gasteiger partial charge in [0.15, 0.2) is 0 Å². The fraction of sp³-hybridized carbons (Fsp3) is 0.111. The highest BCUT2D eigenvalue weighted by Crippen LogP contribution is 2.24. The van der Waals surface area contributed by atoms with Gasteiger partial charge in [-0.2, -0.15) is 0 Å². The van der Waals surface area contributed by atoms with Gasteiger partial charge in [-0.3, -0.25) is 0 Å². The third-order valence-corrected chi connectivity index (χ3v) is 2.39. The number of pyridine rings is 1. The molecule has 0 atom stereocenters. The Morgan fingerprint density at radius 1 is 1.50 bits per heavy atom. The lowest BCUT2D eigenvalue weighted by atomic mass is 10.3. The molecule has 0 saturated heterocycles. The summed E-state index contributed by atoms with van der Waals surface area (Å²) in [4.78, 5) is 15.1. The van der Waals surface area contributed by atoms with Crippen molar-refractivity contribution in [2.24, 2.45) is 0 Å². The third kappa shape index (κ3) is 1.94. The van der Waals surface area contributed by atoms with Gasteiger partial charge in [0.25, 0.3) is 5.89 Å². The van der Waals surface area contributed by atoms with Crippen molar-refractivity contribution >= 4 is 21.9 Å². The monoisotopic (exact) mass is 283 g/mol. The Balaban J connectivity index is 2.39. The summed E-state index contributed by atoms with van der Waals surface area (Å²) in [5.41, 5.74) is 0.477. The summed E-state index contributed by atoms with van der Waals surface area (Å²) < 4.78 is 10.3. The number of halogens is 1. The van der Waals surface area contributed by atoms with Gasteiger partial charge < -0.3 is 9.15 Å². The molecule has 2 rings (SSSR count). The quantitative estimate of drug-likeness (QED) is 0.781. The van der Waals surface area contributed by atoms with Crippen LogP contribution in [0.2, 0.25) is 0 Å². The van der Waals surface area contributed by atoms with Crippen LogP contribution in [0.4, 0.5) is 0 Å². The minimum absolute atomic E-state index is 0.160. The number of rotatable bonds is 2. The topological polar surface area (TPSA) is 78.1 Å². The number of methoxy groups -OCH3 is 1.